The molecule has 0 unspecified atom stereocenters. The van der Waals surface area contributed by atoms with Gasteiger partial charge in [0.1, 0.15) is 6.17 Å². The van der Waals surface area contributed by atoms with Crippen LogP contribution in [-0.2, 0) is 14.3 Å². The summed E-state index contributed by atoms with van der Waals surface area (Å²) in [6.07, 6.45) is 1.58. The number of aliphatic hydroxyl groups is 1. The number of fused-ring (bicyclic) bond motifs is 5. The highest BCUT2D eigenvalue weighted by molar-refractivity contribution is 6.01. The van der Waals surface area contributed by atoms with E-state index in [9.17, 15) is 29.6 Å². The van der Waals surface area contributed by atoms with Crippen molar-refractivity contribution in [3.05, 3.63) is 63.7 Å². The summed E-state index contributed by atoms with van der Waals surface area (Å²) in [7, 11) is 0. The first kappa shape index (κ1) is 29.6. The van der Waals surface area contributed by atoms with Gasteiger partial charge in [0.05, 0.1) is 16.6 Å². The molecular formula is C32H36F2N2O7. The van der Waals surface area contributed by atoms with E-state index in [-0.39, 0.29) is 36.1 Å². The predicted molar refractivity (Wildman–Crippen MR) is 150 cm³/mol. The van der Waals surface area contributed by atoms with Crippen molar-refractivity contribution in [1.29, 1.82) is 0 Å². The molecule has 9 nitrogen and oxygen atoms in total. The number of hydrogen-bond donors (Lipinski definition) is 1. The van der Waals surface area contributed by atoms with Crippen LogP contribution in [0.2, 0.25) is 0 Å². The SMILES string of the molecule is C[C@@H]1C[C@H]2[C@@H]3C[C@H](F)C4=CC(=O)C=C[C@]4(C)[C@@]3(F)[C@@H](O)C[C@]2(C)[C@@]1(OC(=O)c1cccc([N+](=O)[O-])c1)C(=O)N1CCCC1. The van der Waals surface area contributed by atoms with Gasteiger partial charge in [-0.25, -0.2) is 13.6 Å². The zero-order valence-corrected chi connectivity index (χ0v) is 24.4. The van der Waals surface area contributed by atoms with Crippen LogP contribution in [0, 0.1) is 38.7 Å². The number of non-ortho nitro benzene ring substituents is 1. The number of rotatable bonds is 4. The van der Waals surface area contributed by atoms with Crippen LogP contribution in [0.25, 0.3) is 0 Å². The predicted octanol–water partition coefficient (Wildman–Crippen LogP) is 4.68. The van der Waals surface area contributed by atoms with Gasteiger partial charge in [0, 0.05) is 47.9 Å². The highest BCUT2D eigenvalue weighted by Crippen LogP contribution is 2.71. The number of esters is 1. The summed E-state index contributed by atoms with van der Waals surface area (Å²) in [6, 6.07) is 5.04. The lowest BCUT2D eigenvalue weighted by atomic mass is 9.44. The number of benzene rings is 1. The Bertz CT molecular complexity index is 1470. The van der Waals surface area contributed by atoms with Crippen LogP contribution in [0.1, 0.15) is 63.2 Å². The van der Waals surface area contributed by atoms with Crippen LogP contribution in [0.3, 0.4) is 0 Å². The van der Waals surface area contributed by atoms with Gasteiger partial charge in [-0.1, -0.05) is 26.0 Å². The van der Waals surface area contributed by atoms with Crippen molar-refractivity contribution in [2.75, 3.05) is 13.1 Å². The molecule has 230 valence electrons. The molecule has 0 spiro atoms. The van der Waals surface area contributed by atoms with E-state index in [1.54, 1.807) is 18.7 Å². The van der Waals surface area contributed by atoms with Gasteiger partial charge in [-0.3, -0.25) is 19.7 Å². The molecule has 1 N–H and O–H groups in total. The Morgan fingerprint density at radius 3 is 2.53 bits per heavy atom. The van der Waals surface area contributed by atoms with Crippen LogP contribution in [0.15, 0.2) is 48.1 Å². The Kier molecular flexibility index (Phi) is 6.72. The molecule has 43 heavy (non-hydrogen) atoms. The van der Waals surface area contributed by atoms with Gasteiger partial charge in [0.2, 0.25) is 0 Å². The van der Waals surface area contributed by atoms with Gasteiger partial charge in [-0.15, -0.1) is 0 Å². The molecule has 3 saturated carbocycles. The summed E-state index contributed by atoms with van der Waals surface area (Å²) in [5.41, 5.74) is -7.50. The van der Waals surface area contributed by atoms with Crippen LogP contribution in [-0.4, -0.2) is 69.2 Å². The minimum Gasteiger partial charge on any atom is -0.444 e. The zero-order valence-electron chi connectivity index (χ0n) is 24.4. The van der Waals surface area contributed by atoms with Crippen LogP contribution >= 0.6 is 0 Å². The molecule has 5 aliphatic rings. The molecule has 1 aliphatic heterocycles. The molecule has 9 atom stereocenters. The summed E-state index contributed by atoms with van der Waals surface area (Å²) >= 11 is 0. The number of ketones is 1. The number of likely N-dealkylation sites (tertiary alicyclic amines) is 1. The van der Waals surface area contributed by atoms with E-state index in [1.807, 2.05) is 0 Å². The highest BCUT2D eigenvalue weighted by atomic mass is 19.1. The van der Waals surface area contributed by atoms with Crippen molar-refractivity contribution >= 4 is 23.3 Å². The first-order valence-electron chi connectivity index (χ1n) is 14.9. The van der Waals surface area contributed by atoms with Gasteiger partial charge in [-0.05, 0) is 68.7 Å². The number of amides is 1. The Hall–Kier alpha value is -3.47. The number of carbonyl (C=O) groups excluding carboxylic acids is 3. The second-order valence-electron chi connectivity index (χ2n) is 13.4. The summed E-state index contributed by atoms with van der Waals surface area (Å²) in [5, 5.41) is 23.2. The topological polar surface area (TPSA) is 127 Å². The average Bonchev–Trinajstić information content (AvgIpc) is 3.58. The number of ether oxygens (including phenoxy) is 1. The van der Waals surface area contributed by atoms with E-state index < -0.39 is 74.7 Å². The van der Waals surface area contributed by atoms with Crippen molar-refractivity contribution in [3.63, 3.8) is 0 Å². The fourth-order valence-corrected chi connectivity index (χ4v) is 9.35. The zero-order chi connectivity index (χ0) is 31.1. The molecule has 1 aromatic carbocycles. The molecule has 11 heteroatoms. The third-order valence-corrected chi connectivity index (χ3v) is 11.4. The molecule has 4 fully saturated rings. The van der Waals surface area contributed by atoms with E-state index in [2.05, 4.69) is 0 Å². The summed E-state index contributed by atoms with van der Waals surface area (Å²) in [4.78, 5) is 52.8. The van der Waals surface area contributed by atoms with Crippen molar-refractivity contribution < 1.29 is 37.9 Å². The van der Waals surface area contributed by atoms with Gasteiger partial charge in [0.15, 0.2) is 17.1 Å². The molecule has 0 radical (unpaired) electrons. The van der Waals surface area contributed by atoms with Gasteiger partial charge < -0.3 is 14.7 Å². The summed E-state index contributed by atoms with van der Waals surface area (Å²) in [6.45, 7) is 5.88. The second-order valence-corrected chi connectivity index (χ2v) is 13.4. The number of hydrogen-bond acceptors (Lipinski definition) is 7. The molecule has 1 saturated heterocycles. The number of allylic oxidation sites excluding steroid dienone is 4. The standard InChI is InChI=1S/C32H36F2N2O7/c1-18-13-22-23-16-25(33)24-15-21(37)9-10-29(24,2)31(23,34)26(38)17-30(22,3)32(18,28(40)35-11-4-5-12-35)43-27(39)19-7-6-8-20(14-19)36(41)42/h6-10,14-15,18,22-23,25-26,38H,4-5,11-13,16-17H2,1-3H3/t18-,22+,23+,25+,26+,29+,30+,31+,32+/m1/s1. The molecule has 0 bridgehead atoms. The third-order valence-electron chi connectivity index (χ3n) is 11.4. The van der Waals surface area contributed by atoms with Gasteiger partial charge >= 0.3 is 5.97 Å². The number of carbonyl (C=O) groups is 3. The second kappa shape index (κ2) is 9.77. The van der Waals surface area contributed by atoms with E-state index in [0.717, 1.165) is 25.0 Å². The minimum atomic E-state index is -2.35. The Morgan fingerprint density at radius 1 is 1.16 bits per heavy atom. The number of aliphatic hydroxyl groups excluding tert-OH is 1. The molecule has 1 aromatic rings. The van der Waals surface area contributed by atoms with Gasteiger partial charge in [0.25, 0.3) is 11.6 Å². The molecule has 4 aliphatic carbocycles. The monoisotopic (exact) mass is 598 g/mol. The number of alkyl halides is 2. The third kappa shape index (κ3) is 3.85. The number of nitro groups is 1. The van der Waals surface area contributed by atoms with E-state index in [1.165, 1.54) is 37.3 Å². The lowest BCUT2D eigenvalue weighted by molar-refractivity contribution is -0.384. The first-order chi connectivity index (χ1) is 20.2. The number of nitrogens with zero attached hydrogens (tertiary/aromatic N) is 2. The first-order valence-corrected chi connectivity index (χ1v) is 14.9. The quantitative estimate of drug-likeness (QED) is 0.303. The highest BCUT2D eigenvalue weighted by Gasteiger charge is 2.78. The van der Waals surface area contributed by atoms with Crippen LogP contribution in [0.4, 0.5) is 14.5 Å². The molecule has 1 amide bonds. The Balaban J connectivity index is 1.47. The summed E-state index contributed by atoms with van der Waals surface area (Å²) < 4.78 is 39.8. The van der Waals surface area contributed by atoms with E-state index in [0.29, 0.717) is 13.1 Å². The molecule has 6 rings (SSSR count). The minimum absolute atomic E-state index is 0.00366. The molecule has 1 heterocycles. The number of nitro benzene ring substituents is 1. The fraction of sp³-hybridized carbons (Fsp3) is 0.594. The van der Waals surface area contributed by atoms with Gasteiger partial charge in [-0.2, -0.15) is 0 Å². The Morgan fingerprint density at radius 2 is 1.86 bits per heavy atom. The lowest BCUT2D eigenvalue weighted by Gasteiger charge is -2.63. The summed E-state index contributed by atoms with van der Waals surface area (Å²) in [5.74, 6) is -4.17. The normalized spacial score (nSPS) is 41.6. The van der Waals surface area contributed by atoms with Crippen molar-refractivity contribution in [2.45, 2.75) is 76.4 Å². The smallest absolute Gasteiger partial charge is 0.339 e. The van der Waals surface area contributed by atoms with Crippen molar-refractivity contribution in [2.24, 2.45) is 28.6 Å². The number of halogens is 2. The van der Waals surface area contributed by atoms with E-state index in [4.69, 9.17) is 4.74 Å². The maximum Gasteiger partial charge on any atom is 0.339 e. The van der Waals surface area contributed by atoms with Crippen molar-refractivity contribution in [1.82, 2.24) is 4.90 Å². The van der Waals surface area contributed by atoms with Crippen LogP contribution in [0.5, 0.6) is 0 Å². The Labute approximate surface area is 248 Å². The van der Waals surface area contributed by atoms with Crippen LogP contribution < -0.4 is 0 Å². The van der Waals surface area contributed by atoms with E-state index >= 15 is 8.78 Å². The molecule has 0 aromatic heterocycles. The largest absolute Gasteiger partial charge is 0.444 e. The lowest BCUT2D eigenvalue weighted by Crippen LogP contribution is -2.71. The maximum atomic E-state index is 17.7. The maximum absolute atomic E-state index is 17.7. The van der Waals surface area contributed by atoms with Crippen molar-refractivity contribution in [3.8, 4) is 0 Å². The average molecular weight is 599 g/mol. The fourth-order valence-electron chi connectivity index (χ4n) is 9.35. The molecular weight excluding hydrogens is 562 g/mol.